The van der Waals surface area contributed by atoms with E-state index >= 15 is 0 Å². The van der Waals surface area contributed by atoms with Gasteiger partial charge in [0.05, 0.1) is 11.7 Å². The number of nitrogens with one attached hydrogen (secondary N) is 2. The minimum absolute atomic E-state index is 0.259. The summed E-state index contributed by atoms with van der Waals surface area (Å²) in [5, 5.41) is 17.2. The first kappa shape index (κ1) is 14.5. The molecule has 0 radical (unpaired) electrons. The fourth-order valence-corrected chi connectivity index (χ4v) is 1.98. The lowest BCUT2D eigenvalue weighted by molar-refractivity contribution is 0.191. The first-order valence-electron chi connectivity index (χ1n) is 6.76. The summed E-state index contributed by atoms with van der Waals surface area (Å²) in [6, 6.07) is 0. The van der Waals surface area contributed by atoms with E-state index in [4.69, 9.17) is 0 Å². The van der Waals surface area contributed by atoms with Crippen molar-refractivity contribution in [1.29, 1.82) is 0 Å². The standard InChI is InChI=1S/C13H21N5O2/c1-5-6-9(19)15-12-16-10-8(11(20)17-12)7-14-18(10)13(2,3)4/h7,9,19H,5-6H2,1-4H3,(H2,15,16,17,20). The van der Waals surface area contributed by atoms with E-state index in [9.17, 15) is 9.90 Å². The van der Waals surface area contributed by atoms with Gasteiger partial charge >= 0.3 is 0 Å². The van der Waals surface area contributed by atoms with Gasteiger partial charge < -0.3 is 10.4 Å². The van der Waals surface area contributed by atoms with E-state index in [1.807, 2.05) is 27.7 Å². The van der Waals surface area contributed by atoms with Gasteiger partial charge in [-0.2, -0.15) is 10.1 Å². The van der Waals surface area contributed by atoms with Crippen molar-refractivity contribution in [2.75, 3.05) is 5.32 Å². The second-order valence-electron chi connectivity index (χ2n) is 5.83. The predicted octanol–water partition coefficient (Wildman–Crippen LogP) is 1.40. The van der Waals surface area contributed by atoms with Crippen LogP contribution in [0.15, 0.2) is 11.0 Å². The average molecular weight is 279 g/mol. The zero-order chi connectivity index (χ0) is 14.9. The molecule has 110 valence electrons. The quantitative estimate of drug-likeness (QED) is 0.735. The van der Waals surface area contributed by atoms with Crippen LogP contribution in [0, 0.1) is 0 Å². The largest absolute Gasteiger partial charge is 0.374 e. The van der Waals surface area contributed by atoms with Gasteiger partial charge in [-0.3, -0.25) is 9.78 Å². The number of aliphatic hydroxyl groups excluding tert-OH is 1. The minimum atomic E-state index is -0.730. The second kappa shape index (κ2) is 5.24. The van der Waals surface area contributed by atoms with E-state index in [0.717, 1.165) is 6.42 Å². The Labute approximate surface area is 117 Å². The lowest BCUT2D eigenvalue weighted by Gasteiger charge is -2.20. The third-order valence-corrected chi connectivity index (χ3v) is 2.94. The van der Waals surface area contributed by atoms with Gasteiger partial charge in [-0.25, -0.2) is 4.68 Å². The van der Waals surface area contributed by atoms with E-state index in [-0.39, 0.29) is 17.0 Å². The maximum atomic E-state index is 12.0. The van der Waals surface area contributed by atoms with Gasteiger partial charge in [-0.05, 0) is 27.2 Å². The highest BCUT2D eigenvalue weighted by Gasteiger charge is 2.20. The molecule has 2 aromatic heterocycles. The van der Waals surface area contributed by atoms with Crippen molar-refractivity contribution >= 4 is 17.0 Å². The Morgan fingerprint density at radius 2 is 2.20 bits per heavy atom. The molecule has 7 heteroatoms. The Kier molecular flexibility index (Phi) is 3.80. The first-order valence-corrected chi connectivity index (χ1v) is 6.76. The highest BCUT2D eigenvalue weighted by molar-refractivity contribution is 5.74. The van der Waals surface area contributed by atoms with Gasteiger partial charge in [0.15, 0.2) is 5.65 Å². The smallest absolute Gasteiger partial charge is 0.263 e. The van der Waals surface area contributed by atoms with Crippen molar-refractivity contribution in [3.63, 3.8) is 0 Å². The Hall–Kier alpha value is -1.89. The van der Waals surface area contributed by atoms with Crippen LogP contribution in [0.5, 0.6) is 0 Å². The van der Waals surface area contributed by atoms with Crippen molar-refractivity contribution in [2.24, 2.45) is 0 Å². The number of aliphatic hydroxyl groups is 1. The number of aromatic nitrogens is 4. The third kappa shape index (κ3) is 2.82. The zero-order valence-electron chi connectivity index (χ0n) is 12.3. The van der Waals surface area contributed by atoms with Gasteiger partial charge in [0.1, 0.15) is 11.6 Å². The number of hydrogen-bond acceptors (Lipinski definition) is 5. The Morgan fingerprint density at radius 3 is 2.80 bits per heavy atom. The Bertz CT molecular complexity index is 653. The van der Waals surface area contributed by atoms with Crippen LogP contribution in [-0.2, 0) is 5.54 Å². The van der Waals surface area contributed by atoms with Crippen LogP contribution < -0.4 is 10.9 Å². The number of anilines is 1. The predicted molar refractivity (Wildman–Crippen MR) is 77.7 cm³/mol. The monoisotopic (exact) mass is 279 g/mol. The summed E-state index contributed by atoms with van der Waals surface area (Å²) < 4.78 is 1.70. The fraction of sp³-hybridized carbons (Fsp3) is 0.615. The molecule has 0 aromatic carbocycles. The number of rotatable bonds is 4. The normalized spacial score (nSPS) is 13.7. The summed E-state index contributed by atoms with van der Waals surface area (Å²) in [5.41, 5.74) is -0.0360. The van der Waals surface area contributed by atoms with Gasteiger partial charge in [0.2, 0.25) is 5.95 Å². The van der Waals surface area contributed by atoms with Crippen LogP contribution in [0.2, 0.25) is 0 Å². The van der Waals surface area contributed by atoms with E-state index < -0.39 is 6.23 Å². The van der Waals surface area contributed by atoms with E-state index in [1.165, 1.54) is 6.20 Å². The molecule has 0 saturated carbocycles. The molecule has 0 aliphatic rings. The van der Waals surface area contributed by atoms with Crippen LogP contribution in [0.3, 0.4) is 0 Å². The number of H-pyrrole nitrogens is 1. The van der Waals surface area contributed by atoms with Crippen LogP contribution in [-0.4, -0.2) is 31.1 Å². The van der Waals surface area contributed by atoms with E-state index in [2.05, 4.69) is 20.4 Å². The highest BCUT2D eigenvalue weighted by Crippen LogP contribution is 2.18. The molecule has 0 aliphatic heterocycles. The summed E-state index contributed by atoms with van der Waals surface area (Å²) >= 11 is 0. The molecule has 2 heterocycles. The van der Waals surface area contributed by atoms with E-state index in [1.54, 1.807) is 4.68 Å². The van der Waals surface area contributed by atoms with E-state index in [0.29, 0.717) is 17.5 Å². The topological polar surface area (TPSA) is 95.8 Å². The summed E-state index contributed by atoms with van der Waals surface area (Å²) in [4.78, 5) is 19.0. The van der Waals surface area contributed by atoms with Crippen LogP contribution >= 0.6 is 0 Å². The molecule has 2 rings (SSSR count). The summed E-state index contributed by atoms with van der Waals surface area (Å²) in [6.07, 6.45) is 2.20. The SMILES string of the molecule is CCCC(O)Nc1nc2c(cnn2C(C)(C)C)c(=O)[nH]1. The second-order valence-corrected chi connectivity index (χ2v) is 5.83. The number of nitrogens with zero attached hydrogens (tertiary/aromatic N) is 3. The van der Waals surface area contributed by atoms with Gasteiger partial charge in [-0.1, -0.05) is 13.3 Å². The molecular formula is C13H21N5O2. The van der Waals surface area contributed by atoms with Crippen molar-refractivity contribution in [1.82, 2.24) is 19.7 Å². The molecule has 0 bridgehead atoms. The average Bonchev–Trinajstić information content (AvgIpc) is 2.72. The van der Waals surface area contributed by atoms with Crippen LogP contribution in [0.25, 0.3) is 11.0 Å². The molecule has 0 amide bonds. The molecule has 0 saturated heterocycles. The maximum absolute atomic E-state index is 12.0. The number of hydrogen-bond donors (Lipinski definition) is 3. The molecule has 1 atom stereocenters. The fourth-order valence-electron chi connectivity index (χ4n) is 1.98. The highest BCUT2D eigenvalue weighted by atomic mass is 16.3. The maximum Gasteiger partial charge on any atom is 0.263 e. The van der Waals surface area contributed by atoms with Gasteiger partial charge in [-0.15, -0.1) is 0 Å². The summed E-state index contributed by atoms with van der Waals surface area (Å²) in [7, 11) is 0. The summed E-state index contributed by atoms with van der Waals surface area (Å²) in [6.45, 7) is 7.93. The Morgan fingerprint density at radius 1 is 1.50 bits per heavy atom. The first-order chi connectivity index (χ1) is 9.32. The van der Waals surface area contributed by atoms with Crippen molar-refractivity contribution < 1.29 is 5.11 Å². The summed E-state index contributed by atoms with van der Waals surface area (Å²) in [5.74, 6) is 0.259. The third-order valence-electron chi connectivity index (χ3n) is 2.94. The van der Waals surface area contributed by atoms with Gasteiger partial charge in [0, 0.05) is 0 Å². The minimum Gasteiger partial charge on any atom is -0.374 e. The molecule has 0 spiro atoms. The van der Waals surface area contributed by atoms with Crippen molar-refractivity contribution in [2.45, 2.75) is 52.3 Å². The van der Waals surface area contributed by atoms with Crippen molar-refractivity contribution in [3.8, 4) is 0 Å². The molecule has 3 N–H and O–H groups in total. The van der Waals surface area contributed by atoms with Crippen LogP contribution in [0.1, 0.15) is 40.5 Å². The lowest BCUT2D eigenvalue weighted by Crippen LogP contribution is -2.25. The molecular weight excluding hydrogens is 258 g/mol. The number of aromatic amines is 1. The van der Waals surface area contributed by atoms with Crippen LogP contribution in [0.4, 0.5) is 5.95 Å². The van der Waals surface area contributed by atoms with Gasteiger partial charge in [0.25, 0.3) is 5.56 Å². The van der Waals surface area contributed by atoms with Crippen molar-refractivity contribution in [3.05, 3.63) is 16.6 Å². The molecule has 0 aliphatic carbocycles. The molecule has 1 unspecified atom stereocenters. The molecule has 20 heavy (non-hydrogen) atoms. The zero-order valence-corrected chi connectivity index (χ0v) is 12.3. The number of fused-ring (bicyclic) bond motifs is 1. The molecule has 7 nitrogen and oxygen atoms in total. The molecule has 2 aromatic rings. The molecule has 0 fully saturated rings. The lowest BCUT2D eigenvalue weighted by atomic mass is 10.1. The Balaban J connectivity index is 2.47.